The summed E-state index contributed by atoms with van der Waals surface area (Å²) in [6.07, 6.45) is 0.833. The van der Waals surface area contributed by atoms with Crippen LogP contribution in [0.5, 0.6) is 0 Å². The number of hydrogen-bond donors (Lipinski definition) is 0. The third-order valence-electron chi connectivity index (χ3n) is 1.09. The summed E-state index contributed by atoms with van der Waals surface area (Å²) in [5, 5.41) is 0. The van der Waals surface area contributed by atoms with Gasteiger partial charge in [0.15, 0.2) is 0 Å². The fraction of sp³-hybridized carbons (Fsp3) is 1.00. The minimum absolute atomic E-state index is 0.833. The lowest BCUT2D eigenvalue weighted by atomic mass is 10.7. The van der Waals surface area contributed by atoms with Gasteiger partial charge in [-0.2, -0.15) is 0 Å². The molecule has 0 heterocycles. The summed E-state index contributed by atoms with van der Waals surface area (Å²) in [5.74, 6) is 0. The van der Waals surface area contributed by atoms with Gasteiger partial charge in [-0.1, -0.05) is 0 Å². The van der Waals surface area contributed by atoms with Crippen molar-refractivity contribution in [2.75, 3.05) is 40.1 Å². The lowest BCUT2D eigenvalue weighted by Crippen LogP contribution is -2.16. The Bertz CT molecular complexity index is 116. The first-order valence-corrected chi connectivity index (χ1v) is 5.89. The summed E-state index contributed by atoms with van der Waals surface area (Å²) in [4.78, 5) is 2.06. The Morgan fingerprint density at radius 3 is 1.89 bits per heavy atom. The summed E-state index contributed by atoms with van der Waals surface area (Å²) >= 11 is 0. The summed E-state index contributed by atoms with van der Waals surface area (Å²) in [6.45, 7) is 4.59. The summed E-state index contributed by atoms with van der Waals surface area (Å²) in [5.41, 5.74) is 0. The smallest absolute Gasteiger partial charge is 0.0831 e. The van der Waals surface area contributed by atoms with Gasteiger partial charge in [0.05, 0.1) is 7.14 Å². The molecule has 0 amide bonds. The van der Waals surface area contributed by atoms with Crippen molar-refractivity contribution in [2.45, 2.75) is 0 Å². The van der Waals surface area contributed by atoms with Gasteiger partial charge in [-0.15, -0.1) is 0 Å². The highest BCUT2D eigenvalue weighted by atomic mass is 31.2. The number of rotatable bonds is 3. The van der Waals surface area contributed by atoms with E-state index < -0.39 is 7.14 Å². The maximum absolute atomic E-state index is 11.1. The molecule has 0 fully saturated rings. The Kier molecular flexibility index (Phi) is 3.45. The zero-order valence-electron chi connectivity index (χ0n) is 6.72. The molecule has 0 unspecified atom stereocenters. The molecule has 2 nitrogen and oxygen atoms in total. The van der Waals surface area contributed by atoms with Crippen molar-refractivity contribution in [3.05, 3.63) is 0 Å². The molecule has 0 aliphatic rings. The van der Waals surface area contributed by atoms with E-state index in [0.717, 1.165) is 12.7 Å². The van der Waals surface area contributed by atoms with Crippen molar-refractivity contribution in [1.82, 2.24) is 4.90 Å². The van der Waals surface area contributed by atoms with Gasteiger partial charge < -0.3 is 9.46 Å². The van der Waals surface area contributed by atoms with Crippen LogP contribution in [0.3, 0.4) is 0 Å². The fourth-order valence-corrected chi connectivity index (χ4v) is 1.32. The highest BCUT2D eigenvalue weighted by molar-refractivity contribution is 7.62. The third-order valence-corrected chi connectivity index (χ3v) is 2.36. The monoisotopic (exact) mass is 149 g/mol. The molecular formula is C6H16NOP. The van der Waals surface area contributed by atoms with E-state index in [0.29, 0.717) is 0 Å². The van der Waals surface area contributed by atoms with Crippen LogP contribution >= 0.6 is 7.14 Å². The van der Waals surface area contributed by atoms with Crippen LogP contribution in [-0.2, 0) is 4.57 Å². The molecule has 0 aromatic heterocycles. The van der Waals surface area contributed by atoms with E-state index in [1.54, 1.807) is 0 Å². The molecule has 0 bridgehead atoms. The molecule has 0 atom stereocenters. The summed E-state index contributed by atoms with van der Waals surface area (Å²) in [6, 6.07) is 0. The summed E-state index contributed by atoms with van der Waals surface area (Å²) in [7, 11) is 2.23. The van der Waals surface area contributed by atoms with Crippen molar-refractivity contribution >= 4 is 7.14 Å². The topological polar surface area (TPSA) is 20.3 Å². The van der Waals surface area contributed by atoms with Crippen molar-refractivity contribution in [3.8, 4) is 0 Å². The standard InChI is InChI=1S/C6H16NOP/c1-7(2)5-6-9(3,4)8/h5-6H2,1-4H3. The quantitative estimate of drug-likeness (QED) is 0.561. The highest BCUT2D eigenvalue weighted by Crippen LogP contribution is 2.34. The Hall–Kier alpha value is 0.190. The molecule has 0 aliphatic heterocycles. The van der Waals surface area contributed by atoms with Crippen LogP contribution in [0.2, 0.25) is 0 Å². The van der Waals surface area contributed by atoms with Crippen LogP contribution in [0, 0.1) is 0 Å². The van der Waals surface area contributed by atoms with E-state index in [1.165, 1.54) is 0 Å². The average molecular weight is 149 g/mol. The largest absolute Gasteiger partial charge is 0.324 e. The fourth-order valence-electron chi connectivity index (χ4n) is 0.441. The van der Waals surface area contributed by atoms with Gasteiger partial charge in [-0.05, 0) is 27.4 Å². The second-order valence-electron chi connectivity index (χ2n) is 3.10. The second kappa shape index (κ2) is 3.38. The van der Waals surface area contributed by atoms with Gasteiger partial charge in [-0.25, -0.2) is 0 Å². The van der Waals surface area contributed by atoms with Gasteiger partial charge in [-0.3, -0.25) is 0 Å². The van der Waals surface area contributed by atoms with Gasteiger partial charge in [0.2, 0.25) is 0 Å². The first kappa shape index (κ1) is 9.19. The molecule has 0 aromatic rings. The lowest BCUT2D eigenvalue weighted by molar-refractivity contribution is 0.433. The minimum atomic E-state index is -1.76. The van der Waals surface area contributed by atoms with Crippen LogP contribution in [0.1, 0.15) is 0 Å². The molecule has 0 aromatic carbocycles. The molecule has 3 heteroatoms. The van der Waals surface area contributed by atoms with Crippen LogP contribution in [-0.4, -0.2) is 45.0 Å². The van der Waals surface area contributed by atoms with Crippen LogP contribution in [0.4, 0.5) is 0 Å². The molecule has 0 N–H and O–H groups in total. The molecule has 0 aliphatic carbocycles. The number of nitrogens with zero attached hydrogens (tertiary/aromatic N) is 1. The van der Waals surface area contributed by atoms with E-state index >= 15 is 0 Å². The van der Waals surface area contributed by atoms with E-state index in [1.807, 2.05) is 27.4 Å². The lowest BCUT2D eigenvalue weighted by Gasteiger charge is -2.11. The first-order chi connectivity index (χ1) is 3.92. The van der Waals surface area contributed by atoms with Crippen LogP contribution in [0.25, 0.3) is 0 Å². The van der Waals surface area contributed by atoms with Crippen molar-refractivity contribution in [2.24, 2.45) is 0 Å². The SMILES string of the molecule is CN(C)CCP(C)(C)=O. The normalized spacial score (nSPS) is 12.6. The third kappa shape index (κ3) is 8.19. The van der Waals surface area contributed by atoms with Crippen molar-refractivity contribution in [1.29, 1.82) is 0 Å². The van der Waals surface area contributed by atoms with E-state index in [9.17, 15) is 4.57 Å². The highest BCUT2D eigenvalue weighted by Gasteiger charge is 2.05. The zero-order valence-corrected chi connectivity index (χ0v) is 7.61. The molecule has 0 spiro atoms. The second-order valence-corrected chi connectivity index (χ2v) is 6.70. The maximum Gasteiger partial charge on any atom is 0.0831 e. The zero-order chi connectivity index (χ0) is 7.49. The Morgan fingerprint density at radius 1 is 1.33 bits per heavy atom. The predicted molar refractivity (Wildman–Crippen MR) is 42.9 cm³/mol. The van der Waals surface area contributed by atoms with Gasteiger partial charge in [0, 0.05) is 12.7 Å². The van der Waals surface area contributed by atoms with E-state index in [-0.39, 0.29) is 0 Å². The molecule has 9 heavy (non-hydrogen) atoms. The van der Waals surface area contributed by atoms with Gasteiger partial charge in [0.25, 0.3) is 0 Å². The van der Waals surface area contributed by atoms with Crippen molar-refractivity contribution < 1.29 is 4.57 Å². The average Bonchev–Trinajstić information content (AvgIpc) is 1.59. The summed E-state index contributed by atoms with van der Waals surface area (Å²) < 4.78 is 11.1. The predicted octanol–water partition coefficient (Wildman–Crippen LogP) is 1.17. The molecular weight excluding hydrogens is 133 g/mol. The van der Waals surface area contributed by atoms with E-state index in [2.05, 4.69) is 4.90 Å². The molecule has 56 valence electrons. The maximum atomic E-state index is 11.1. The van der Waals surface area contributed by atoms with Crippen LogP contribution < -0.4 is 0 Å². The van der Waals surface area contributed by atoms with Gasteiger partial charge in [0.1, 0.15) is 0 Å². The minimum Gasteiger partial charge on any atom is -0.324 e. The van der Waals surface area contributed by atoms with E-state index in [4.69, 9.17) is 0 Å². The molecule has 0 saturated heterocycles. The number of hydrogen-bond acceptors (Lipinski definition) is 2. The van der Waals surface area contributed by atoms with Crippen molar-refractivity contribution in [3.63, 3.8) is 0 Å². The Morgan fingerprint density at radius 2 is 1.78 bits per heavy atom. The molecule has 0 radical (unpaired) electrons. The molecule has 0 saturated carbocycles. The van der Waals surface area contributed by atoms with Crippen LogP contribution in [0.15, 0.2) is 0 Å². The molecule has 0 rings (SSSR count). The first-order valence-electron chi connectivity index (χ1n) is 3.10. The van der Waals surface area contributed by atoms with Gasteiger partial charge >= 0.3 is 0 Å². The Balaban J connectivity index is 3.40. The Labute approximate surface area is 57.6 Å².